The fourth-order valence-electron chi connectivity index (χ4n) is 3.92. The minimum atomic E-state index is -0.426. The zero-order valence-corrected chi connectivity index (χ0v) is 13.9. The molecule has 2 rings (SSSR count). The summed E-state index contributed by atoms with van der Waals surface area (Å²) in [6.07, 6.45) is 6.70. The van der Waals surface area contributed by atoms with E-state index in [9.17, 15) is 5.11 Å². The average Bonchev–Trinajstić information content (AvgIpc) is 2.50. The van der Waals surface area contributed by atoms with Crippen molar-refractivity contribution in [1.82, 2.24) is 0 Å². The maximum Gasteiger partial charge on any atom is 0.0860 e. The average molecular weight is 289 g/mol. The van der Waals surface area contributed by atoms with Gasteiger partial charge in [0.15, 0.2) is 0 Å². The molecule has 2 heteroatoms. The molecule has 1 unspecified atom stereocenters. The van der Waals surface area contributed by atoms with Crippen molar-refractivity contribution in [2.75, 3.05) is 6.54 Å². The van der Waals surface area contributed by atoms with E-state index in [0.29, 0.717) is 6.54 Å². The van der Waals surface area contributed by atoms with Crippen molar-refractivity contribution in [3.8, 4) is 0 Å². The van der Waals surface area contributed by atoms with E-state index in [1.165, 1.54) is 36.8 Å². The summed E-state index contributed by atoms with van der Waals surface area (Å²) >= 11 is 0. The molecule has 1 atom stereocenters. The lowest BCUT2D eigenvalue weighted by atomic mass is 9.65. The van der Waals surface area contributed by atoms with Gasteiger partial charge in [0.05, 0.1) is 6.10 Å². The summed E-state index contributed by atoms with van der Waals surface area (Å²) < 4.78 is 0. The number of rotatable bonds is 5. The summed E-state index contributed by atoms with van der Waals surface area (Å²) in [5.41, 5.74) is 9.47. The van der Waals surface area contributed by atoms with Crippen LogP contribution in [0.25, 0.3) is 0 Å². The minimum absolute atomic E-state index is 0.122. The van der Waals surface area contributed by atoms with Crippen LogP contribution in [0.1, 0.15) is 68.2 Å². The highest BCUT2D eigenvalue weighted by atomic mass is 16.3. The van der Waals surface area contributed by atoms with Crippen LogP contribution in [0, 0.1) is 25.2 Å². The number of aryl methyl sites for hydroxylation is 2. The van der Waals surface area contributed by atoms with Gasteiger partial charge in [0.2, 0.25) is 0 Å². The zero-order chi connectivity index (χ0) is 15.5. The fourth-order valence-corrected chi connectivity index (χ4v) is 3.92. The normalized spacial score (nSPS) is 27.6. The van der Waals surface area contributed by atoms with E-state index in [4.69, 9.17) is 5.73 Å². The van der Waals surface area contributed by atoms with Crippen LogP contribution in [0.3, 0.4) is 0 Å². The van der Waals surface area contributed by atoms with Gasteiger partial charge in [0, 0.05) is 12.0 Å². The Kier molecular flexibility index (Phi) is 5.45. The molecule has 3 N–H and O–H groups in total. The second-order valence-corrected chi connectivity index (χ2v) is 7.06. The molecule has 0 heterocycles. The first-order valence-electron chi connectivity index (χ1n) is 8.47. The molecule has 0 aliphatic heterocycles. The summed E-state index contributed by atoms with van der Waals surface area (Å²) in [5, 5.41) is 11.0. The van der Waals surface area contributed by atoms with E-state index in [1.807, 2.05) is 0 Å². The van der Waals surface area contributed by atoms with Gasteiger partial charge in [-0.25, -0.2) is 0 Å². The smallest absolute Gasteiger partial charge is 0.0860 e. The van der Waals surface area contributed by atoms with Crippen molar-refractivity contribution >= 4 is 0 Å². The number of benzene rings is 1. The van der Waals surface area contributed by atoms with E-state index in [2.05, 4.69) is 39.0 Å². The molecule has 1 aromatic carbocycles. The minimum Gasteiger partial charge on any atom is -0.388 e. The standard InChI is InChI=1S/C19H31NO/c1-4-5-16-8-10-19(13-20,11-9-16)18(21)17-12-14(2)6-7-15(17)3/h6-7,12,16,18,21H,4-5,8-11,13,20H2,1-3H3. The highest BCUT2D eigenvalue weighted by molar-refractivity contribution is 5.33. The summed E-state index contributed by atoms with van der Waals surface area (Å²) in [4.78, 5) is 0. The molecule has 21 heavy (non-hydrogen) atoms. The fraction of sp³-hybridized carbons (Fsp3) is 0.684. The van der Waals surface area contributed by atoms with Gasteiger partial charge in [-0.1, -0.05) is 43.5 Å². The first kappa shape index (κ1) is 16.5. The third kappa shape index (κ3) is 3.49. The molecule has 0 bridgehead atoms. The van der Waals surface area contributed by atoms with Gasteiger partial charge in [-0.05, 0) is 56.6 Å². The maximum absolute atomic E-state index is 11.0. The van der Waals surface area contributed by atoms with Gasteiger partial charge in [-0.3, -0.25) is 0 Å². The molecular weight excluding hydrogens is 258 g/mol. The summed E-state index contributed by atoms with van der Waals surface area (Å²) in [5.74, 6) is 0.834. The summed E-state index contributed by atoms with van der Waals surface area (Å²) in [7, 11) is 0. The van der Waals surface area contributed by atoms with Gasteiger partial charge in [-0.15, -0.1) is 0 Å². The summed E-state index contributed by atoms with van der Waals surface area (Å²) in [6, 6.07) is 6.36. The van der Waals surface area contributed by atoms with Crippen LogP contribution in [0.4, 0.5) is 0 Å². The lowest BCUT2D eigenvalue weighted by Gasteiger charge is -2.43. The lowest BCUT2D eigenvalue weighted by molar-refractivity contribution is -0.0112. The van der Waals surface area contributed by atoms with Gasteiger partial charge >= 0.3 is 0 Å². The first-order valence-corrected chi connectivity index (χ1v) is 8.47. The second kappa shape index (κ2) is 6.93. The van der Waals surface area contributed by atoms with E-state index < -0.39 is 6.10 Å². The first-order chi connectivity index (χ1) is 10.0. The molecule has 1 aliphatic carbocycles. The van der Waals surface area contributed by atoms with Crippen molar-refractivity contribution < 1.29 is 5.11 Å². The van der Waals surface area contributed by atoms with Crippen LogP contribution in [-0.2, 0) is 0 Å². The highest BCUT2D eigenvalue weighted by Gasteiger charge is 2.41. The van der Waals surface area contributed by atoms with Crippen LogP contribution in [0.15, 0.2) is 18.2 Å². The van der Waals surface area contributed by atoms with Crippen molar-refractivity contribution in [3.05, 3.63) is 34.9 Å². The SMILES string of the molecule is CCCC1CCC(CN)(C(O)c2cc(C)ccc2C)CC1. The molecule has 0 spiro atoms. The van der Waals surface area contributed by atoms with E-state index in [-0.39, 0.29) is 5.41 Å². The van der Waals surface area contributed by atoms with Crippen LogP contribution >= 0.6 is 0 Å². The third-order valence-electron chi connectivity index (χ3n) is 5.51. The highest BCUT2D eigenvalue weighted by Crippen LogP contribution is 2.48. The van der Waals surface area contributed by atoms with E-state index in [0.717, 1.165) is 24.3 Å². The Morgan fingerprint density at radius 2 is 1.95 bits per heavy atom. The van der Waals surface area contributed by atoms with Crippen molar-refractivity contribution in [1.29, 1.82) is 0 Å². The number of aliphatic hydroxyl groups excluding tert-OH is 1. The number of aliphatic hydroxyl groups is 1. The van der Waals surface area contributed by atoms with E-state index >= 15 is 0 Å². The second-order valence-electron chi connectivity index (χ2n) is 7.06. The summed E-state index contributed by atoms with van der Waals surface area (Å²) in [6.45, 7) is 7.02. The molecular formula is C19H31NO. The van der Waals surface area contributed by atoms with Crippen molar-refractivity contribution in [2.24, 2.45) is 17.1 Å². The quantitative estimate of drug-likeness (QED) is 0.850. The monoisotopic (exact) mass is 289 g/mol. The van der Waals surface area contributed by atoms with E-state index in [1.54, 1.807) is 0 Å². The third-order valence-corrected chi connectivity index (χ3v) is 5.51. The molecule has 1 fully saturated rings. The molecule has 0 radical (unpaired) electrons. The Hall–Kier alpha value is -0.860. The molecule has 1 aliphatic rings. The van der Waals surface area contributed by atoms with Crippen molar-refractivity contribution in [2.45, 2.75) is 65.4 Å². The Balaban J connectivity index is 2.19. The Morgan fingerprint density at radius 1 is 1.29 bits per heavy atom. The molecule has 1 saturated carbocycles. The Morgan fingerprint density at radius 3 is 2.52 bits per heavy atom. The molecule has 2 nitrogen and oxygen atoms in total. The Bertz CT molecular complexity index is 461. The maximum atomic E-state index is 11.0. The predicted octanol–water partition coefficient (Wildman–Crippen LogP) is 4.27. The van der Waals surface area contributed by atoms with Crippen LogP contribution in [0.2, 0.25) is 0 Å². The van der Waals surface area contributed by atoms with Gasteiger partial charge in [0.1, 0.15) is 0 Å². The van der Waals surface area contributed by atoms with Crippen LogP contribution < -0.4 is 5.73 Å². The van der Waals surface area contributed by atoms with Crippen LogP contribution in [0.5, 0.6) is 0 Å². The van der Waals surface area contributed by atoms with Crippen LogP contribution in [-0.4, -0.2) is 11.7 Å². The largest absolute Gasteiger partial charge is 0.388 e. The zero-order valence-electron chi connectivity index (χ0n) is 13.9. The van der Waals surface area contributed by atoms with Crippen molar-refractivity contribution in [3.63, 3.8) is 0 Å². The number of nitrogens with two attached hydrogens (primary N) is 1. The van der Waals surface area contributed by atoms with Gasteiger partial charge in [0.25, 0.3) is 0 Å². The molecule has 118 valence electrons. The number of hydrogen-bond donors (Lipinski definition) is 2. The molecule has 1 aromatic rings. The lowest BCUT2D eigenvalue weighted by Crippen LogP contribution is -2.40. The molecule has 0 amide bonds. The van der Waals surface area contributed by atoms with Gasteiger partial charge in [-0.2, -0.15) is 0 Å². The Labute approximate surface area is 129 Å². The van der Waals surface area contributed by atoms with Gasteiger partial charge < -0.3 is 10.8 Å². The molecule has 0 aromatic heterocycles. The predicted molar refractivity (Wildman–Crippen MR) is 89.2 cm³/mol. The number of hydrogen-bond acceptors (Lipinski definition) is 2. The molecule has 0 saturated heterocycles. The topological polar surface area (TPSA) is 46.2 Å².